The van der Waals surface area contributed by atoms with Crippen LogP contribution in [0.1, 0.15) is 35.1 Å². The van der Waals surface area contributed by atoms with Crippen LogP contribution in [0.4, 0.5) is 0 Å². The van der Waals surface area contributed by atoms with Crippen LogP contribution in [0.15, 0.2) is 6.20 Å². The summed E-state index contributed by atoms with van der Waals surface area (Å²) in [6.07, 6.45) is 4.06. The summed E-state index contributed by atoms with van der Waals surface area (Å²) in [4.78, 5) is 15.3. The molecule has 1 aliphatic rings. The van der Waals surface area contributed by atoms with Crippen LogP contribution < -0.4 is 0 Å². The average molecular weight is 282 g/mol. The maximum atomic E-state index is 11.1. The van der Waals surface area contributed by atoms with E-state index in [1.165, 1.54) is 0 Å². The van der Waals surface area contributed by atoms with Gasteiger partial charge in [0.2, 0.25) is 5.82 Å². The Bertz CT molecular complexity index is 461. The Balaban J connectivity index is 1.93. The number of aromatic nitrogens is 2. The second kappa shape index (κ2) is 5.46. The normalized spacial score (nSPS) is 15.7. The first-order valence-electron chi connectivity index (χ1n) is 6.75. The predicted molar refractivity (Wildman–Crippen MR) is 75.3 cm³/mol. The summed E-state index contributed by atoms with van der Waals surface area (Å²) in [5.74, 6) is -0.433. The first kappa shape index (κ1) is 14.3. The maximum absolute atomic E-state index is 11.1. The van der Waals surface area contributed by atoms with E-state index >= 15 is 0 Å². The van der Waals surface area contributed by atoms with Crippen LogP contribution in [-0.4, -0.2) is 35.3 Å². The molecule has 106 valence electrons. The number of carboxylic acids is 1. The summed E-state index contributed by atoms with van der Waals surface area (Å²) < 4.78 is 7.21. The number of hydrogen-bond donors (Lipinski definition) is 1. The van der Waals surface area contributed by atoms with Crippen molar-refractivity contribution in [2.24, 2.45) is 0 Å². The van der Waals surface area contributed by atoms with Gasteiger partial charge in [-0.15, -0.1) is 0 Å². The molecule has 1 N–H and O–H groups in total. The molecule has 0 atom stereocenters. The van der Waals surface area contributed by atoms with Crippen molar-refractivity contribution in [2.75, 3.05) is 6.61 Å². The van der Waals surface area contributed by atoms with E-state index in [0.29, 0.717) is 12.5 Å². The van der Waals surface area contributed by atoms with E-state index < -0.39 is 14.0 Å². The number of nitrogens with zero attached hydrogens (tertiary/aromatic N) is 2. The highest BCUT2D eigenvalue weighted by molar-refractivity contribution is 6.76. The molecular formula is C13H22N2O3Si. The van der Waals surface area contributed by atoms with Gasteiger partial charge in [0.15, 0.2) is 0 Å². The van der Waals surface area contributed by atoms with Crippen LogP contribution in [0, 0.1) is 0 Å². The van der Waals surface area contributed by atoms with Gasteiger partial charge < -0.3 is 14.4 Å². The van der Waals surface area contributed by atoms with E-state index in [-0.39, 0.29) is 12.6 Å². The smallest absolute Gasteiger partial charge is 0.372 e. The third kappa shape index (κ3) is 4.17. The Morgan fingerprint density at radius 3 is 2.74 bits per heavy atom. The lowest BCUT2D eigenvalue weighted by molar-refractivity contribution is 0.0613. The highest BCUT2D eigenvalue weighted by Gasteiger charge is 2.28. The molecule has 1 fully saturated rings. The van der Waals surface area contributed by atoms with Gasteiger partial charge in [-0.1, -0.05) is 19.6 Å². The molecule has 0 unspecified atom stereocenters. The highest BCUT2D eigenvalue weighted by Crippen LogP contribution is 2.39. The number of carbonyl (C=O) groups is 1. The Kier molecular flexibility index (Phi) is 4.10. The number of rotatable bonds is 7. The van der Waals surface area contributed by atoms with Crippen molar-refractivity contribution < 1.29 is 14.6 Å². The van der Waals surface area contributed by atoms with Gasteiger partial charge >= 0.3 is 5.97 Å². The number of carboxylic acid groups (broad SMARTS) is 1. The van der Waals surface area contributed by atoms with Crippen molar-refractivity contribution in [1.29, 1.82) is 0 Å². The second-order valence-corrected chi connectivity index (χ2v) is 12.0. The number of ether oxygens (including phenoxy) is 1. The van der Waals surface area contributed by atoms with Crippen molar-refractivity contribution in [2.45, 2.75) is 51.2 Å². The van der Waals surface area contributed by atoms with Crippen molar-refractivity contribution in [1.82, 2.24) is 9.55 Å². The van der Waals surface area contributed by atoms with Gasteiger partial charge in [0.1, 0.15) is 6.73 Å². The lowest BCUT2D eigenvalue weighted by Crippen LogP contribution is -2.22. The summed E-state index contributed by atoms with van der Waals surface area (Å²) in [7, 11) is -1.10. The molecule has 1 saturated carbocycles. The minimum Gasteiger partial charge on any atom is -0.475 e. The van der Waals surface area contributed by atoms with E-state index in [1.807, 2.05) is 6.20 Å². The molecule has 0 amide bonds. The average Bonchev–Trinajstić information content (AvgIpc) is 3.04. The largest absolute Gasteiger partial charge is 0.475 e. The van der Waals surface area contributed by atoms with E-state index in [2.05, 4.69) is 24.6 Å². The van der Waals surface area contributed by atoms with E-state index in [0.717, 1.165) is 24.6 Å². The summed E-state index contributed by atoms with van der Waals surface area (Å²) in [5, 5.41) is 9.13. The molecule has 0 aliphatic heterocycles. The monoisotopic (exact) mass is 282 g/mol. The van der Waals surface area contributed by atoms with Gasteiger partial charge in [0.25, 0.3) is 0 Å². The van der Waals surface area contributed by atoms with E-state index in [4.69, 9.17) is 9.84 Å². The zero-order valence-corrected chi connectivity index (χ0v) is 12.8. The molecule has 6 heteroatoms. The fourth-order valence-electron chi connectivity index (χ4n) is 1.82. The van der Waals surface area contributed by atoms with Crippen molar-refractivity contribution >= 4 is 14.0 Å². The Morgan fingerprint density at radius 2 is 2.21 bits per heavy atom. The second-order valence-electron chi connectivity index (χ2n) is 6.39. The van der Waals surface area contributed by atoms with Crippen LogP contribution in [0.5, 0.6) is 0 Å². The van der Waals surface area contributed by atoms with E-state index in [1.54, 1.807) is 4.57 Å². The summed E-state index contributed by atoms with van der Waals surface area (Å²) >= 11 is 0. The lowest BCUT2D eigenvalue weighted by atomic mass is 10.3. The maximum Gasteiger partial charge on any atom is 0.372 e. The zero-order chi connectivity index (χ0) is 14.0. The minimum atomic E-state index is -1.10. The number of aromatic carboxylic acids is 1. The number of hydrogen-bond acceptors (Lipinski definition) is 3. The molecule has 19 heavy (non-hydrogen) atoms. The fourth-order valence-corrected chi connectivity index (χ4v) is 2.58. The molecule has 1 aromatic heterocycles. The lowest BCUT2D eigenvalue weighted by Gasteiger charge is -2.15. The molecule has 0 aromatic carbocycles. The highest BCUT2D eigenvalue weighted by atomic mass is 28.3. The van der Waals surface area contributed by atoms with Crippen molar-refractivity contribution in [3.63, 3.8) is 0 Å². The van der Waals surface area contributed by atoms with Crippen LogP contribution in [0.2, 0.25) is 25.7 Å². The topological polar surface area (TPSA) is 64.4 Å². The first-order valence-corrected chi connectivity index (χ1v) is 10.5. The van der Waals surface area contributed by atoms with Crippen molar-refractivity contribution in [3.05, 3.63) is 17.7 Å². The van der Waals surface area contributed by atoms with Gasteiger partial charge in [-0.2, -0.15) is 0 Å². The van der Waals surface area contributed by atoms with Crippen LogP contribution in [0.25, 0.3) is 0 Å². The van der Waals surface area contributed by atoms with Gasteiger partial charge in [0, 0.05) is 26.8 Å². The molecule has 1 heterocycles. The molecule has 2 rings (SSSR count). The van der Waals surface area contributed by atoms with Crippen LogP contribution in [0.3, 0.4) is 0 Å². The third-order valence-electron chi connectivity index (χ3n) is 3.21. The molecular weight excluding hydrogens is 260 g/mol. The van der Waals surface area contributed by atoms with Gasteiger partial charge in [-0.05, 0) is 18.9 Å². The summed E-state index contributed by atoms with van der Waals surface area (Å²) in [6.45, 7) is 7.85. The van der Waals surface area contributed by atoms with Crippen molar-refractivity contribution in [3.8, 4) is 0 Å². The molecule has 1 aliphatic carbocycles. The molecule has 1 aromatic rings. The summed E-state index contributed by atoms with van der Waals surface area (Å²) in [5.41, 5.74) is 0.895. The van der Waals surface area contributed by atoms with E-state index in [9.17, 15) is 4.79 Å². The zero-order valence-electron chi connectivity index (χ0n) is 11.8. The quantitative estimate of drug-likeness (QED) is 0.617. The first-order chi connectivity index (χ1) is 8.87. The summed E-state index contributed by atoms with van der Waals surface area (Å²) in [6, 6.07) is 1.08. The Labute approximate surface area is 114 Å². The molecule has 0 saturated heterocycles. The van der Waals surface area contributed by atoms with Crippen LogP contribution in [-0.2, 0) is 11.5 Å². The number of imidazole rings is 1. The Hall–Kier alpha value is -1.14. The standard InChI is InChI=1S/C13H22N2O3Si/c1-19(2,3)7-6-18-9-15-8-11(10-4-5-10)14-12(15)13(16)17/h8,10H,4-7,9H2,1-3H3,(H,16,17). The van der Waals surface area contributed by atoms with Crippen LogP contribution >= 0.6 is 0 Å². The molecule has 5 nitrogen and oxygen atoms in total. The predicted octanol–water partition coefficient (Wildman–Crippen LogP) is 2.77. The fraction of sp³-hybridized carbons (Fsp3) is 0.692. The van der Waals surface area contributed by atoms with Gasteiger partial charge in [-0.25, -0.2) is 9.78 Å². The molecule has 0 spiro atoms. The van der Waals surface area contributed by atoms with Gasteiger partial charge in [0.05, 0.1) is 5.69 Å². The molecule has 0 bridgehead atoms. The van der Waals surface area contributed by atoms with Gasteiger partial charge in [-0.3, -0.25) is 0 Å². The minimum absolute atomic E-state index is 0.0925. The molecule has 0 radical (unpaired) electrons. The Morgan fingerprint density at radius 1 is 1.53 bits per heavy atom. The SMILES string of the molecule is C[Si](C)(C)CCOCn1cc(C2CC2)nc1C(=O)O. The third-order valence-corrected chi connectivity index (χ3v) is 4.91.